The van der Waals surface area contributed by atoms with E-state index in [4.69, 9.17) is 4.99 Å². The Bertz CT molecular complexity index is 1080. The lowest BCUT2D eigenvalue weighted by Gasteiger charge is -2.31. The third-order valence-electron chi connectivity index (χ3n) is 6.57. The summed E-state index contributed by atoms with van der Waals surface area (Å²) in [6.45, 7) is 12.3. The summed E-state index contributed by atoms with van der Waals surface area (Å²) in [5.74, 6) is 3.89. The number of aromatic nitrogens is 2. The molecule has 1 aromatic carbocycles. The molecular formula is C26H37N7. The second kappa shape index (κ2) is 10.3. The van der Waals surface area contributed by atoms with Gasteiger partial charge in [0.2, 0.25) is 0 Å². The molecule has 4 rings (SSSR count). The molecule has 0 spiro atoms. The minimum Gasteiger partial charge on any atom is -0.370 e. The second-order valence-corrected chi connectivity index (χ2v) is 9.33. The first kappa shape index (κ1) is 23.1. The number of hydrogen-bond acceptors (Lipinski definition) is 6. The average molecular weight is 448 g/mol. The summed E-state index contributed by atoms with van der Waals surface area (Å²) in [5, 5.41) is 10.7. The van der Waals surface area contributed by atoms with Crippen LogP contribution in [0.1, 0.15) is 32.3 Å². The van der Waals surface area contributed by atoms with Crippen LogP contribution in [-0.2, 0) is 13.6 Å². The summed E-state index contributed by atoms with van der Waals surface area (Å²) in [7, 11) is 4.08. The molecule has 0 saturated carbocycles. The summed E-state index contributed by atoms with van der Waals surface area (Å²) in [6.07, 6.45) is 8.32. The molecule has 0 aliphatic carbocycles. The Balaban J connectivity index is 1.54. The summed E-state index contributed by atoms with van der Waals surface area (Å²) < 4.78 is 2.04. The molecule has 2 aromatic rings. The van der Waals surface area contributed by atoms with Gasteiger partial charge in [0.25, 0.3) is 0 Å². The molecule has 0 unspecified atom stereocenters. The Morgan fingerprint density at radius 3 is 2.76 bits per heavy atom. The maximum Gasteiger partial charge on any atom is 0.139 e. The Morgan fingerprint density at radius 1 is 1.24 bits per heavy atom. The quantitative estimate of drug-likeness (QED) is 0.606. The SMILES string of the molecule is C=C/C(=C1/N=C(NCC2CCNCC2)C=C(NCc2ccc3c(c2)ncn3C)N1C)C(C)C. The molecule has 2 aliphatic heterocycles. The van der Waals surface area contributed by atoms with Crippen LogP contribution in [0.25, 0.3) is 11.0 Å². The van der Waals surface area contributed by atoms with Crippen LogP contribution in [0.3, 0.4) is 0 Å². The van der Waals surface area contributed by atoms with Gasteiger partial charge in [0.15, 0.2) is 0 Å². The van der Waals surface area contributed by atoms with E-state index in [1.54, 1.807) is 0 Å². The molecule has 3 heterocycles. The van der Waals surface area contributed by atoms with Gasteiger partial charge in [0, 0.05) is 33.3 Å². The highest BCUT2D eigenvalue weighted by molar-refractivity contribution is 5.95. The highest BCUT2D eigenvalue weighted by atomic mass is 15.3. The van der Waals surface area contributed by atoms with Gasteiger partial charge in [-0.3, -0.25) is 0 Å². The lowest BCUT2D eigenvalue weighted by molar-refractivity contribution is 0.371. The third-order valence-corrected chi connectivity index (χ3v) is 6.57. The van der Waals surface area contributed by atoms with Crippen LogP contribution in [0.2, 0.25) is 0 Å². The van der Waals surface area contributed by atoms with Crippen LogP contribution in [0, 0.1) is 11.8 Å². The molecular weight excluding hydrogens is 410 g/mol. The zero-order valence-electron chi connectivity index (χ0n) is 20.4. The van der Waals surface area contributed by atoms with Gasteiger partial charge in [-0.15, -0.1) is 0 Å². The van der Waals surface area contributed by atoms with Crippen LogP contribution >= 0.6 is 0 Å². The average Bonchev–Trinajstić information content (AvgIpc) is 3.19. The van der Waals surface area contributed by atoms with Crippen LogP contribution in [-0.4, -0.2) is 47.0 Å². The van der Waals surface area contributed by atoms with E-state index in [1.165, 1.54) is 18.4 Å². The monoisotopic (exact) mass is 447 g/mol. The molecule has 33 heavy (non-hydrogen) atoms. The van der Waals surface area contributed by atoms with Crippen molar-refractivity contribution in [3.8, 4) is 0 Å². The maximum absolute atomic E-state index is 4.98. The third kappa shape index (κ3) is 5.30. The number of imidazole rings is 1. The fourth-order valence-electron chi connectivity index (χ4n) is 4.48. The second-order valence-electron chi connectivity index (χ2n) is 9.33. The van der Waals surface area contributed by atoms with Crippen molar-refractivity contribution in [1.82, 2.24) is 30.4 Å². The molecule has 1 fully saturated rings. The highest BCUT2D eigenvalue weighted by Gasteiger charge is 2.22. The standard InChI is InChI=1S/C26H37N7/c1-6-21(18(2)3)26-31-24(28-15-19-9-11-27-12-10-19)14-25(33(26)5)29-16-20-7-8-23-22(13-20)30-17-32(23)4/h6-8,13-14,17-19,27,29H,1,9-12,15-16H2,2-5H3,(H,28,31)/b26-21+. The number of fused-ring (bicyclic) bond motifs is 1. The van der Waals surface area contributed by atoms with Crippen molar-refractivity contribution in [2.45, 2.75) is 33.2 Å². The Hall–Kier alpha value is -3.06. The fraction of sp³-hybridized carbons (Fsp3) is 0.462. The van der Waals surface area contributed by atoms with Gasteiger partial charge in [-0.1, -0.05) is 32.6 Å². The van der Waals surface area contributed by atoms with E-state index in [0.717, 1.165) is 53.7 Å². The van der Waals surface area contributed by atoms with Crippen molar-refractivity contribution >= 4 is 16.9 Å². The molecule has 2 aliphatic rings. The van der Waals surface area contributed by atoms with Crippen LogP contribution in [0.4, 0.5) is 0 Å². The van der Waals surface area contributed by atoms with E-state index >= 15 is 0 Å². The normalized spacial score (nSPS) is 18.9. The van der Waals surface area contributed by atoms with Crippen LogP contribution < -0.4 is 16.0 Å². The van der Waals surface area contributed by atoms with E-state index in [-0.39, 0.29) is 0 Å². The van der Waals surface area contributed by atoms with Crippen molar-refractivity contribution < 1.29 is 0 Å². The zero-order valence-corrected chi connectivity index (χ0v) is 20.4. The van der Waals surface area contributed by atoms with E-state index in [9.17, 15) is 0 Å². The highest BCUT2D eigenvalue weighted by Crippen LogP contribution is 2.25. The first-order valence-electron chi connectivity index (χ1n) is 12.0. The number of aryl methyl sites for hydroxylation is 1. The Morgan fingerprint density at radius 2 is 2.03 bits per heavy atom. The lowest BCUT2D eigenvalue weighted by Crippen LogP contribution is -2.39. The molecule has 7 heteroatoms. The number of aliphatic imine (C=N–C) groups is 1. The summed E-state index contributed by atoms with van der Waals surface area (Å²) in [4.78, 5) is 11.6. The molecule has 1 aromatic heterocycles. The smallest absolute Gasteiger partial charge is 0.139 e. The number of rotatable bonds is 7. The van der Waals surface area contributed by atoms with Crippen molar-refractivity contribution in [1.29, 1.82) is 0 Å². The van der Waals surface area contributed by atoms with E-state index in [2.05, 4.69) is 77.6 Å². The zero-order chi connectivity index (χ0) is 23.4. The topological polar surface area (TPSA) is 69.5 Å². The van der Waals surface area contributed by atoms with Gasteiger partial charge in [0.05, 0.1) is 17.4 Å². The van der Waals surface area contributed by atoms with E-state index in [0.29, 0.717) is 18.4 Å². The van der Waals surface area contributed by atoms with E-state index < -0.39 is 0 Å². The predicted molar refractivity (Wildman–Crippen MR) is 136 cm³/mol. The first-order chi connectivity index (χ1) is 16.0. The van der Waals surface area contributed by atoms with Crippen molar-refractivity contribution in [3.05, 3.63) is 66.0 Å². The number of allylic oxidation sites excluding steroid dienone is 2. The van der Waals surface area contributed by atoms with Crippen molar-refractivity contribution in [3.63, 3.8) is 0 Å². The van der Waals surface area contributed by atoms with E-state index in [1.807, 2.05) is 24.0 Å². The van der Waals surface area contributed by atoms with Gasteiger partial charge in [-0.2, -0.15) is 0 Å². The molecule has 7 nitrogen and oxygen atoms in total. The van der Waals surface area contributed by atoms with Crippen molar-refractivity contribution in [2.75, 3.05) is 26.7 Å². The Kier molecular flexibility index (Phi) is 7.18. The van der Waals surface area contributed by atoms with Gasteiger partial charge in [-0.05, 0) is 61.0 Å². The predicted octanol–water partition coefficient (Wildman–Crippen LogP) is 3.49. The van der Waals surface area contributed by atoms with Crippen LogP contribution in [0.5, 0.6) is 0 Å². The molecule has 0 atom stereocenters. The number of amidine groups is 1. The maximum atomic E-state index is 4.98. The fourth-order valence-corrected chi connectivity index (χ4v) is 4.48. The van der Waals surface area contributed by atoms with Gasteiger partial charge >= 0.3 is 0 Å². The largest absolute Gasteiger partial charge is 0.370 e. The summed E-state index contributed by atoms with van der Waals surface area (Å²) >= 11 is 0. The molecule has 176 valence electrons. The van der Waals surface area contributed by atoms with Gasteiger partial charge in [-0.25, -0.2) is 9.98 Å². The molecule has 0 amide bonds. The molecule has 0 radical (unpaired) electrons. The summed E-state index contributed by atoms with van der Waals surface area (Å²) in [5.41, 5.74) is 4.49. The number of hydrogen-bond donors (Lipinski definition) is 3. The number of nitrogens with one attached hydrogen (secondary N) is 3. The first-order valence-corrected chi connectivity index (χ1v) is 12.0. The molecule has 1 saturated heterocycles. The van der Waals surface area contributed by atoms with Gasteiger partial charge in [0.1, 0.15) is 17.5 Å². The number of benzene rings is 1. The lowest BCUT2D eigenvalue weighted by atomic mass is 9.98. The number of piperidine rings is 1. The number of nitrogens with zero attached hydrogens (tertiary/aromatic N) is 4. The van der Waals surface area contributed by atoms with Crippen molar-refractivity contribution in [2.24, 2.45) is 23.9 Å². The molecule has 3 N–H and O–H groups in total. The minimum atomic E-state index is 0.334. The summed E-state index contributed by atoms with van der Waals surface area (Å²) in [6, 6.07) is 6.44. The van der Waals surface area contributed by atoms with Crippen LogP contribution in [0.15, 0.2) is 65.5 Å². The minimum absolute atomic E-state index is 0.334. The van der Waals surface area contributed by atoms with Gasteiger partial charge < -0.3 is 25.4 Å². The molecule has 0 bridgehead atoms. The Labute approximate surface area is 197 Å².